The van der Waals surface area contributed by atoms with Gasteiger partial charge in [0.25, 0.3) is 0 Å². The number of piperazine rings is 1. The first-order valence-electron chi connectivity index (χ1n) is 9.88. The SMILES string of the molecule is CN1CCN(CCC2C(=S)NC(c3c(N)cccc3Cl)c3ccccc32)CC1. The minimum absolute atomic E-state index is 0.0997. The number of thiocarbonyl (C=S) groups is 1. The molecule has 6 heteroatoms. The molecule has 4 nitrogen and oxygen atoms in total. The van der Waals surface area contributed by atoms with Crippen LogP contribution in [0, 0.1) is 0 Å². The van der Waals surface area contributed by atoms with Crippen molar-refractivity contribution in [3.8, 4) is 0 Å². The summed E-state index contributed by atoms with van der Waals surface area (Å²) in [4.78, 5) is 5.82. The molecule has 2 aliphatic rings. The molecule has 2 unspecified atom stereocenters. The molecule has 0 amide bonds. The highest BCUT2D eigenvalue weighted by molar-refractivity contribution is 7.80. The van der Waals surface area contributed by atoms with Gasteiger partial charge in [0.1, 0.15) is 0 Å². The number of hydrogen-bond acceptors (Lipinski definition) is 4. The van der Waals surface area contributed by atoms with Gasteiger partial charge < -0.3 is 20.9 Å². The second kappa shape index (κ2) is 8.37. The first-order valence-corrected chi connectivity index (χ1v) is 10.7. The maximum Gasteiger partial charge on any atom is 0.0837 e. The largest absolute Gasteiger partial charge is 0.398 e. The lowest BCUT2D eigenvalue weighted by atomic mass is 9.82. The van der Waals surface area contributed by atoms with Crippen molar-refractivity contribution in [1.29, 1.82) is 0 Å². The van der Waals surface area contributed by atoms with Crippen LogP contribution in [-0.4, -0.2) is 54.6 Å². The van der Waals surface area contributed by atoms with Crippen molar-refractivity contribution < 1.29 is 0 Å². The molecule has 0 aromatic heterocycles. The molecule has 1 fully saturated rings. The molecule has 1 saturated heterocycles. The van der Waals surface area contributed by atoms with Gasteiger partial charge in [-0.15, -0.1) is 0 Å². The van der Waals surface area contributed by atoms with E-state index < -0.39 is 0 Å². The standard InChI is InChI=1S/C22H27ClN4S/c1-26-11-13-27(14-12-26)10-9-17-15-5-2-3-6-16(15)21(25-22(17)28)20-18(23)7-4-8-19(20)24/h2-8,17,21H,9-14,24H2,1H3,(H,25,28). The quantitative estimate of drug-likeness (QED) is 0.590. The Labute approximate surface area is 177 Å². The normalized spacial score (nSPS) is 23.3. The van der Waals surface area contributed by atoms with Crippen LogP contribution in [0.4, 0.5) is 5.69 Å². The molecule has 2 atom stereocenters. The van der Waals surface area contributed by atoms with Gasteiger partial charge in [-0.3, -0.25) is 0 Å². The van der Waals surface area contributed by atoms with Gasteiger partial charge in [0.15, 0.2) is 0 Å². The maximum absolute atomic E-state index is 6.51. The Hall–Kier alpha value is -1.66. The molecule has 2 aromatic carbocycles. The van der Waals surface area contributed by atoms with Crippen LogP contribution in [0.1, 0.15) is 35.1 Å². The number of nitrogens with one attached hydrogen (secondary N) is 1. The zero-order chi connectivity index (χ0) is 19.7. The fourth-order valence-electron chi connectivity index (χ4n) is 4.31. The predicted molar refractivity (Wildman–Crippen MR) is 121 cm³/mol. The van der Waals surface area contributed by atoms with Crippen LogP contribution in [0.15, 0.2) is 42.5 Å². The van der Waals surface area contributed by atoms with Crippen LogP contribution in [0.3, 0.4) is 0 Å². The molecule has 0 spiro atoms. The molecule has 0 aliphatic carbocycles. The van der Waals surface area contributed by atoms with E-state index in [1.165, 1.54) is 11.1 Å². The fraction of sp³-hybridized carbons (Fsp3) is 0.409. The topological polar surface area (TPSA) is 44.5 Å². The van der Waals surface area contributed by atoms with Gasteiger partial charge in [-0.1, -0.05) is 54.2 Å². The van der Waals surface area contributed by atoms with Crippen molar-refractivity contribution in [1.82, 2.24) is 15.1 Å². The van der Waals surface area contributed by atoms with Gasteiger partial charge in [0, 0.05) is 48.4 Å². The summed E-state index contributed by atoms with van der Waals surface area (Å²) in [7, 11) is 2.19. The lowest BCUT2D eigenvalue weighted by Crippen LogP contribution is -2.46. The summed E-state index contributed by atoms with van der Waals surface area (Å²) in [5, 5.41) is 4.23. The van der Waals surface area contributed by atoms with Crippen molar-refractivity contribution >= 4 is 34.5 Å². The summed E-state index contributed by atoms with van der Waals surface area (Å²) >= 11 is 12.3. The number of fused-ring (bicyclic) bond motifs is 1. The highest BCUT2D eigenvalue weighted by Crippen LogP contribution is 2.40. The van der Waals surface area contributed by atoms with E-state index in [9.17, 15) is 0 Å². The average Bonchev–Trinajstić information content (AvgIpc) is 2.69. The molecule has 4 rings (SSSR count). The average molecular weight is 415 g/mol. The first kappa shape index (κ1) is 19.6. The van der Waals surface area contributed by atoms with Crippen LogP contribution in [0.2, 0.25) is 5.02 Å². The van der Waals surface area contributed by atoms with Crippen molar-refractivity contribution in [3.63, 3.8) is 0 Å². The molecule has 28 heavy (non-hydrogen) atoms. The molecular weight excluding hydrogens is 388 g/mol. The van der Waals surface area contributed by atoms with Gasteiger partial charge in [-0.2, -0.15) is 0 Å². The summed E-state index contributed by atoms with van der Waals surface area (Å²) < 4.78 is 0. The summed E-state index contributed by atoms with van der Waals surface area (Å²) in [5.74, 6) is 0.228. The third-order valence-corrected chi connectivity index (χ3v) is 6.72. The number of hydrogen-bond donors (Lipinski definition) is 2. The monoisotopic (exact) mass is 414 g/mol. The Balaban J connectivity index is 1.59. The highest BCUT2D eigenvalue weighted by atomic mass is 35.5. The van der Waals surface area contributed by atoms with Crippen LogP contribution in [0.25, 0.3) is 0 Å². The van der Waals surface area contributed by atoms with E-state index in [0.717, 1.165) is 49.7 Å². The number of benzene rings is 2. The Morgan fingerprint density at radius 2 is 1.79 bits per heavy atom. The van der Waals surface area contributed by atoms with Gasteiger partial charge in [-0.25, -0.2) is 0 Å². The Bertz CT molecular complexity index is 843. The third kappa shape index (κ3) is 3.90. The smallest absolute Gasteiger partial charge is 0.0837 e. The summed E-state index contributed by atoms with van der Waals surface area (Å²) in [6.07, 6.45) is 1.03. The van der Waals surface area contributed by atoms with E-state index in [1.807, 2.05) is 18.2 Å². The molecule has 2 aliphatic heterocycles. The zero-order valence-corrected chi connectivity index (χ0v) is 17.8. The molecule has 0 bridgehead atoms. The van der Waals surface area contributed by atoms with Crippen molar-refractivity contribution in [2.24, 2.45) is 0 Å². The number of halogens is 1. The van der Waals surface area contributed by atoms with Gasteiger partial charge >= 0.3 is 0 Å². The van der Waals surface area contributed by atoms with Crippen LogP contribution < -0.4 is 11.1 Å². The first-order chi connectivity index (χ1) is 13.5. The number of rotatable bonds is 4. The Morgan fingerprint density at radius 1 is 1.07 bits per heavy atom. The van der Waals surface area contributed by atoms with E-state index in [4.69, 9.17) is 29.6 Å². The summed E-state index contributed by atoms with van der Waals surface area (Å²) in [6.45, 7) is 5.59. The van der Waals surface area contributed by atoms with Crippen LogP contribution in [-0.2, 0) is 0 Å². The molecule has 3 N–H and O–H groups in total. The van der Waals surface area contributed by atoms with Crippen molar-refractivity contribution in [3.05, 3.63) is 64.2 Å². The van der Waals surface area contributed by atoms with Crippen LogP contribution in [0.5, 0.6) is 0 Å². The molecule has 2 heterocycles. The maximum atomic E-state index is 6.51. The van der Waals surface area contributed by atoms with E-state index in [-0.39, 0.29) is 12.0 Å². The van der Waals surface area contributed by atoms with E-state index >= 15 is 0 Å². The Morgan fingerprint density at radius 3 is 2.50 bits per heavy atom. The van der Waals surface area contributed by atoms with E-state index in [1.54, 1.807) is 0 Å². The van der Waals surface area contributed by atoms with Crippen molar-refractivity contribution in [2.75, 3.05) is 45.5 Å². The van der Waals surface area contributed by atoms with Gasteiger partial charge in [0.2, 0.25) is 0 Å². The fourth-order valence-corrected chi connectivity index (χ4v) is 4.96. The minimum atomic E-state index is -0.0997. The number of anilines is 1. The summed E-state index contributed by atoms with van der Waals surface area (Å²) in [6, 6.07) is 14.1. The van der Waals surface area contributed by atoms with Gasteiger partial charge in [0.05, 0.1) is 11.0 Å². The minimum Gasteiger partial charge on any atom is -0.398 e. The second-order valence-electron chi connectivity index (χ2n) is 7.80. The molecule has 148 valence electrons. The molecular formula is C22H27ClN4S. The number of nitrogen functional groups attached to an aromatic ring is 1. The van der Waals surface area contributed by atoms with E-state index in [2.05, 4.69) is 46.4 Å². The number of likely N-dealkylation sites (N-methyl/N-ethyl adjacent to an activating group) is 1. The lowest BCUT2D eigenvalue weighted by molar-refractivity contribution is 0.152. The molecule has 0 radical (unpaired) electrons. The lowest BCUT2D eigenvalue weighted by Gasteiger charge is -2.37. The van der Waals surface area contributed by atoms with Crippen molar-refractivity contribution in [2.45, 2.75) is 18.4 Å². The molecule has 2 aromatic rings. The highest BCUT2D eigenvalue weighted by Gasteiger charge is 2.33. The number of nitrogens with two attached hydrogens (primary N) is 1. The summed E-state index contributed by atoms with van der Waals surface area (Å²) in [5.41, 5.74) is 10.4. The Kier molecular flexibility index (Phi) is 5.88. The zero-order valence-electron chi connectivity index (χ0n) is 16.2. The third-order valence-electron chi connectivity index (χ3n) is 5.99. The number of nitrogens with zero attached hydrogens (tertiary/aromatic N) is 2. The van der Waals surface area contributed by atoms with Crippen LogP contribution >= 0.6 is 23.8 Å². The second-order valence-corrected chi connectivity index (χ2v) is 8.65. The predicted octanol–water partition coefficient (Wildman–Crippen LogP) is 3.66. The molecule has 0 saturated carbocycles. The van der Waals surface area contributed by atoms with Gasteiger partial charge in [-0.05, 0) is 43.3 Å². The van der Waals surface area contributed by atoms with E-state index in [0.29, 0.717) is 10.7 Å².